The minimum Gasteiger partial charge on any atom is -0.497 e. The SMILES string of the molecule is COc1ccc(Oc2ncc(Br)cc2Cl)c(C(=O)O)c1. The quantitative estimate of drug-likeness (QED) is 0.895. The molecule has 0 unspecified atom stereocenters. The van der Waals surface area contributed by atoms with Crippen LogP contribution in [0.5, 0.6) is 17.4 Å². The molecular weight excluding hydrogens is 350 g/mol. The first kappa shape index (κ1) is 14.6. The third-order valence-corrected chi connectivity index (χ3v) is 3.10. The van der Waals surface area contributed by atoms with Gasteiger partial charge in [0.15, 0.2) is 0 Å². The topological polar surface area (TPSA) is 68.7 Å². The summed E-state index contributed by atoms with van der Waals surface area (Å²) in [4.78, 5) is 15.2. The lowest BCUT2D eigenvalue weighted by Gasteiger charge is -2.10. The van der Waals surface area contributed by atoms with E-state index in [0.29, 0.717) is 10.2 Å². The Bertz CT molecular complexity index is 663. The van der Waals surface area contributed by atoms with E-state index >= 15 is 0 Å². The fraction of sp³-hybridized carbons (Fsp3) is 0.0769. The minimum absolute atomic E-state index is 0.0369. The van der Waals surface area contributed by atoms with E-state index in [9.17, 15) is 9.90 Å². The maximum absolute atomic E-state index is 11.2. The second-order valence-electron chi connectivity index (χ2n) is 3.71. The molecule has 0 radical (unpaired) electrons. The molecule has 0 bridgehead atoms. The zero-order valence-electron chi connectivity index (χ0n) is 10.3. The molecule has 0 spiro atoms. The predicted molar refractivity (Wildman–Crippen MR) is 77.0 cm³/mol. The number of carboxylic acids is 1. The molecule has 1 N–H and O–H groups in total. The summed E-state index contributed by atoms with van der Waals surface area (Å²) in [5.74, 6) is -0.450. The second-order valence-corrected chi connectivity index (χ2v) is 5.03. The number of hydrogen-bond acceptors (Lipinski definition) is 4. The number of aromatic nitrogens is 1. The Morgan fingerprint density at radius 1 is 1.40 bits per heavy atom. The van der Waals surface area contributed by atoms with Crippen LogP contribution in [-0.4, -0.2) is 23.2 Å². The third-order valence-electron chi connectivity index (χ3n) is 2.40. The lowest BCUT2D eigenvalue weighted by molar-refractivity contribution is 0.0693. The van der Waals surface area contributed by atoms with Gasteiger partial charge in [0, 0.05) is 10.7 Å². The first-order valence-electron chi connectivity index (χ1n) is 5.41. The zero-order valence-corrected chi connectivity index (χ0v) is 12.6. The highest BCUT2D eigenvalue weighted by atomic mass is 79.9. The number of aromatic carboxylic acids is 1. The number of nitrogens with zero attached hydrogens (tertiary/aromatic N) is 1. The smallest absolute Gasteiger partial charge is 0.339 e. The summed E-state index contributed by atoms with van der Waals surface area (Å²) in [6.07, 6.45) is 1.51. The Hall–Kier alpha value is -1.79. The molecule has 2 aromatic rings. The summed E-state index contributed by atoms with van der Waals surface area (Å²) in [6, 6.07) is 6.05. The van der Waals surface area contributed by atoms with E-state index in [2.05, 4.69) is 20.9 Å². The van der Waals surface area contributed by atoms with Gasteiger partial charge < -0.3 is 14.6 Å². The lowest BCUT2D eigenvalue weighted by Crippen LogP contribution is -2.01. The number of methoxy groups -OCH3 is 1. The Labute approximate surface area is 128 Å². The van der Waals surface area contributed by atoms with Crippen LogP contribution in [0.15, 0.2) is 34.9 Å². The average molecular weight is 359 g/mol. The third kappa shape index (κ3) is 3.20. The molecule has 0 aliphatic heterocycles. The van der Waals surface area contributed by atoms with Gasteiger partial charge in [-0.05, 0) is 40.2 Å². The summed E-state index contributed by atoms with van der Waals surface area (Å²) < 4.78 is 11.1. The number of carboxylic acid groups (broad SMARTS) is 1. The molecule has 20 heavy (non-hydrogen) atoms. The van der Waals surface area contributed by atoms with Crippen molar-refractivity contribution >= 4 is 33.5 Å². The van der Waals surface area contributed by atoms with Crippen LogP contribution in [0.4, 0.5) is 0 Å². The zero-order chi connectivity index (χ0) is 14.7. The number of pyridine rings is 1. The lowest BCUT2D eigenvalue weighted by atomic mass is 10.2. The van der Waals surface area contributed by atoms with Crippen molar-refractivity contribution in [1.82, 2.24) is 4.98 Å². The van der Waals surface area contributed by atoms with E-state index in [0.717, 1.165) is 0 Å². The van der Waals surface area contributed by atoms with Crippen LogP contribution >= 0.6 is 27.5 Å². The fourth-order valence-electron chi connectivity index (χ4n) is 1.47. The van der Waals surface area contributed by atoms with E-state index in [4.69, 9.17) is 21.1 Å². The Morgan fingerprint density at radius 2 is 2.15 bits per heavy atom. The predicted octanol–water partition coefficient (Wildman–Crippen LogP) is 4.00. The molecule has 0 saturated carbocycles. The monoisotopic (exact) mass is 357 g/mol. The van der Waals surface area contributed by atoms with Crippen molar-refractivity contribution in [1.29, 1.82) is 0 Å². The van der Waals surface area contributed by atoms with Crippen LogP contribution in [0.2, 0.25) is 5.02 Å². The van der Waals surface area contributed by atoms with Crippen molar-refractivity contribution in [2.24, 2.45) is 0 Å². The molecule has 2 rings (SSSR count). The van der Waals surface area contributed by atoms with E-state index in [1.165, 1.54) is 25.4 Å². The second kappa shape index (κ2) is 6.11. The van der Waals surface area contributed by atoms with Crippen molar-refractivity contribution < 1.29 is 19.4 Å². The molecule has 0 saturated heterocycles. The molecule has 1 aromatic carbocycles. The minimum atomic E-state index is -1.13. The Morgan fingerprint density at radius 3 is 2.75 bits per heavy atom. The maximum Gasteiger partial charge on any atom is 0.339 e. The van der Waals surface area contributed by atoms with Crippen LogP contribution < -0.4 is 9.47 Å². The van der Waals surface area contributed by atoms with Crippen molar-refractivity contribution in [3.63, 3.8) is 0 Å². The molecule has 1 heterocycles. The molecule has 0 fully saturated rings. The van der Waals surface area contributed by atoms with Gasteiger partial charge in [-0.25, -0.2) is 9.78 Å². The van der Waals surface area contributed by atoms with E-state index in [1.54, 1.807) is 12.1 Å². The molecule has 1 aromatic heterocycles. The first-order chi connectivity index (χ1) is 9.51. The van der Waals surface area contributed by atoms with Crippen molar-refractivity contribution in [3.05, 3.63) is 45.5 Å². The van der Waals surface area contributed by atoms with Gasteiger partial charge in [-0.15, -0.1) is 0 Å². The summed E-state index contributed by atoms with van der Waals surface area (Å²) in [5.41, 5.74) is -0.0369. The average Bonchev–Trinajstić information content (AvgIpc) is 2.42. The number of rotatable bonds is 4. The molecule has 5 nitrogen and oxygen atoms in total. The largest absolute Gasteiger partial charge is 0.497 e. The number of halogens is 2. The van der Waals surface area contributed by atoms with Crippen molar-refractivity contribution in [2.45, 2.75) is 0 Å². The highest BCUT2D eigenvalue weighted by Gasteiger charge is 2.15. The van der Waals surface area contributed by atoms with Gasteiger partial charge in [0.05, 0.1) is 7.11 Å². The number of carbonyl (C=O) groups is 1. The fourth-order valence-corrected chi connectivity index (χ4v) is 2.14. The maximum atomic E-state index is 11.2. The van der Waals surface area contributed by atoms with Crippen LogP contribution in [-0.2, 0) is 0 Å². The van der Waals surface area contributed by atoms with Crippen molar-refractivity contribution in [2.75, 3.05) is 7.11 Å². The van der Waals surface area contributed by atoms with Gasteiger partial charge in [0.25, 0.3) is 0 Å². The van der Waals surface area contributed by atoms with Gasteiger partial charge in [-0.2, -0.15) is 0 Å². The van der Waals surface area contributed by atoms with Crippen LogP contribution in [0, 0.1) is 0 Å². The van der Waals surface area contributed by atoms with Crippen LogP contribution in [0.3, 0.4) is 0 Å². The number of hydrogen-bond donors (Lipinski definition) is 1. The number of ether oxygens (including phenoxy) is 2. The molecule has 104 valence electrons. The van der Waals surface area contributed by atoms with Gasteiger partial charge in [-0.3, -0.25) is 0 Å². The molecule has 0 aliphatic carbocycles. The van der Waals surface area contributed by atoms with Gasteiger partial charge in [-0.1, -0.05) is 11.6 Å². The summed E-state index contributed by atoms with van der Waals surface area (Å²) in [5, 5.41) is 9.45. The van der Waals surface area contributed by atoms with Gasteiger partial charge in [0.1, 0.15) is 22.1 Å². The molecular formula is C13H9BrClNO4. The van der Waals surface area contributed by atoms with Crippen LogP contribution in [0.25, 0.3) is 0 Å². The normalized spacial score (nSPS) is 10.2. The number of benzene rings is 1. The molecule has 0 atom stereocenters. The summed E-state index contributed by atoms with van der Waals surface area (Å²) in [7, 11) is 1.45. The highest BCUT2D eigenvalue weighted by molar-refractivity contribution is 9.10. The summed E-state index contributed by atoms with van der Waals surface area (Å²) >= 11 is 9.21. The summed E-state index contributed by atoms with van der Waals surface area (Å²) in [6.45, 7) is 0. The van der Waals surface area contributed by atoms with Gasteiger partial charge >= 0.3 is 5.97 Å². The van der Waals surface area contributed by atoms with E-state index < -0.39 is 5.97 Å². The molecule has 0 aliphatic rings. The van der Waals surface area contributed by atoms with E-state index in [-0.39, 0.29) is 22.2 Å². The van der Waals surface area contributed by atoms with Crippen LogP contribution in [0.1, 0.15) is 10.4 Å². The Kier molecular flexibility index (Phi) is 4.46. The van der Waals surface area contributed by atoms with Crippen molar-refractivity contribution in [3.8, 4) is 17.4 Å². The van der Waals surface area contributed by atoms with E-state index in [1.807, 2.05) is 0 Å². The molecule has 0 amide bonds. The molecule has 7 heteroatoms. The Balaban J connectivity index is 2.40. The standard InChI is InChI=1S/C13H9BrClNO4/c1-19-8-2-3-11(9(5-8)13(17)18)20-12-10(15)4-7(14)6-16-12/h2-6H,1H3,(H,17,18). The highest BCUT2D eigenvalue weighted by Crippen LogP contribution is 2.32. The first-order valence-corrected chi connectivity index (χ1v) is 6.58. The van der Waals surface area contributed by atoms with Gasteiger partial charge in [0.2, 0.25) is 5.88 Å².